The molecule has 0 radical (unpaired) electrons. The molecule has 0 spiro atoms. The van der Waals surface area contributed by atoms with E-state index in [1.54, 1.807) is 19.2 Å². The highest BCUT2D eigenvalue weighted by atomic mass is 19.1. The van der Waals surface area contributed by atoms with Gasteiger partial charge in [-0.3, -0.25) is 0 Å². The highest BCUT2D eigenvalue weighted by Gasteiger charge is 2.46. The van der Waals surface area contributed by atoms with E-state index in [9.17, 15) is 19.7 Å². The summed E-state index contributed by atoms with van der Waals surface area (Å²) in [5, 5.41) is 29.4. The Morgan fingerprint density at radius 1 is 0.966 bits per heavy atom. The summed E-state index contributed by atoms with van der Waals surface area (Å²) >= 11 is 0. The van der Waals surface area contributed by atoms with Gasteiger partial charge in [-0.25, -0.2) is 4.39 Å². The molecule has 8 heteroatoms. The Morgan fingerprint density at radius 2 is 1.62 bits per heavy atom. The SMILES string of the molecule is COc1ccc(Cc2ccc(OC)cc2OC2OC(CO)C(F)C(O)C2O)cc1. The van der Waals surface area contributed by atoms with Crippen LogP contribution in [0.25, 0.3) is 0 Å². The molecule has 158 valence electrons. The fourth-order valence-electron chi connectivity index (χ4n) is 3.14. The Balaban J connectivity index is 1.84. The first-order chi connectivity index (χ1) is 14.0. The number of hydrogen-bond donors (Lipinski definition) is 3. The zero-order valence-electron chi connectivity index (χ0n) is 16.2. The van der Waals surface area contributed by atoms with Gasteiger partial charge in [0.1, 0.15) is 35.6 Å². The number of hydrogen-bond acceptors (Lipinski definition) is 7. The number of methoxy groups -OCH3 is 2. The number of benzene rings is 2. The Labute approximate surface area is 168 Å². The van der Waals surface area contributed by atoms with Gasteiger partial charge in [0.05, 0.1) is 20.8 Å². The van der Waals surface area contributed by atoms with Crippen LogP contribution in [0.3, 0.4) is 0 Å². The molecule has 0 aromatic heterocycles. The van der Waals surface area contributed by atoms with Crippen LogP contribution in [0.2, 0.25) is 0 Å². The number of alkyl halides is 1. The van der Waals surface area contributed by atoms with E-state index in [2.05, 4.69) is 0 Å². The highest BCUT2D eigenvalue weighted by Crippen LogP contribution is 2.31. The van der Waals surface area contributed by atoms with E-state index in [0.29, 0.717) is 17.9 Å². The van der Waals surface area contributed by atoms with Crippen molar-refractivity contribution >= 4 is 0 Å². The maximum Gasteiger partial charge on any atom is 0.229 e. The first-order valence-corrected chi connectivity index (χ1v) is 9.19. The number of rotatable bonds is 7. The molecule has 1 saturated heterocycles. The van der Waals surface area contributed by atoms with Crippen LogP contribution in [0.5, 0.6) is 17.2 Å². The normalized spacial score (nSPS) is 26.8. The zero-order chi connectivity index (χ0) is 21.0. The number of halogens is 1. The predicted octanol–water partition coefficient (Wildman–Crippen LogP) is 1.45. The monoisotopic (exact) mass is 408 g/mol. The van der Waals surface area contributed by atoms with Crippen molar-refractivity contribution in [2.45, 2.75) is 37.2 Å². The van der Waals surface area contributed by atoms with Crippen LogP contribution >= 0.6 is 0 Å². The molecule has 5 unspecified atom stereocenters. The van der Waals surface area contributed by atoms with E-state index in [4.69, 9.17) is 18.9 Å². The van der Waals surface area contributed by atoms with Crippen LogP contribution in [0.4, 0.5) is 4.39 Å². The van der Waals surface area contributed by atoms with Crippen molar-refractivity contribution in [2.24, 2.45) is 0 Å². The average molecular weight is 408 g/mol. The number of ether oxygens (including phenoxy) is 4. The molecule has 0 saturated carbocycles. The maximum atomic E-state index is 14.0. The topological polar surface area (TPSA) is 97.6 Å². The molecule has 29 heavy (non-hydrogen) atoms. The fraction of sp³-hybridized carbons (Fsp3) is 0.429. The Kier molecular flexibility index (Phi) is 6.92. The number of aliphatic hydroxyl groups excluding tert-OH is 3. The van der Waals surface area contributed by atoms with Crippen LogP contribution in [0.1, 0.15) is 11.1 Å². The van der Waals surface area contributed by atoms with Gasteiger partial charge in [0.25, 0.3) is 0 Å². The highest BCUT2D eigenvalue weighted by molar-refractivity contribution is 5.44. The molecule has 2 aromatic carbocycles. The smallest absolute Gasteiger partial charge is 0.229 e. The maximum absolute atomic E-state index is 14.0. The summed E-state index contributed by atoms with van der Waals surface area (Å²) in [4.78, 5) is 0. The second-order valence-corrected chi connectivity index (χ2v) is 6.77. The predicted molar refractivity (Wildman–Crippen MR) is 102 cm³/mol. The molecule has 2 aromatic rings. The summed E-state index contributed by atoms with van der Waals surface area (Å²) in [6.45, 7) is -0.651. The third-order valence-electron chi connectivity index (χ3n) is 4.87. The lowest BCUT2D eigenvalue weighted by Crippen LogP contribution is -2.58. The molecular weight excluding hydrogens is 383 g/mol. The van der Waals surface area contributed by atoms with Gasteiger partial charge in [-0.05, 0) is 29.3 Å². The van der Waals surface area contributed by atoms with E-state index in [1.807, 2.05) is 30.3 Å². The molecule has 3 N–H and O–H groups in total. The van der Waals surface area contributed by atoms with Gasteiger partial charge >= 0.3 is 0 Å². The lowest BCUT2D eigenvalue weighted by atomic mass is 10.0. The van der Waals surface area contributed by atoms with E-state index >= 15 is 0 Å². The fourth-order valence-corrected chi connectivity index (χ4v) is 3.14. The molecule has 0 aliphatic carbocycles. The second kappa shape index (κ2) is 9.41. The van der Waals surface area contributed by atoms with Crippen molar-refractivity contribution < 1.29 is 38.7 Å². The van der Waals surface area contributed by atoms with E-state index < -0.39 is 37.4 Å². The van der Waals surface area contributed by atoms with Crippen LogP contribution in [0, 0.1) is 0 Å². The molecular formula is C21H25FO7. The summed E-state index contributed by atoms with van der Waals surface area (Å²) in [5.41, 5.74) is 1.76. The van der Waals surface area contributed by atoms with E-state index in [-0.39, 0.29) is 0 Å². The largest absolute Gasteiger partial charge is 0.497 e. The van der Waals surface area contributed by atoms with Crippen LogP contribution in [-0.4, -0.2) is 66.9 Å². The van der Waals surface area contributed by atoms with E-state index in [0.717, 1.165) is 16.9 Å². The molecule has 0 amide bonds. The summed E-state index contributed by atoms with van der Waals surface area (Å²) in [6.07, 6.45) is -7.41. The first-order valence-electron chi connectivity index (χ1n) is 9.19. The number of aliphatic hydroxyl groups is 3. The minimum absolute atomic E-state index is 0.352. The van der Waals surface area contributed by atoms with Crippen LogP contribution < -0.4 is 14.2 Å². The summed E-state index contributed by atoms with van der Waals surface area (Å²) < 4.78 is 35.5. The van der Waals surface area contributed by atoms with Gasteiger partial charge in [-0.15, -0.1) is 0 Å². The van der Waals surface area contributed by atoms with Crippen molar-refractivity contribution in [3.8, 4) is 17.2 Å². The quantitative estimate of drug-likeness (QED) is 0.638. The van der Waals surface area contributed by atoms with Crippen LogP contribution in [-0.2, 0) is 11.2 Å². The summed E-state index contributed by atoms with van der Waals surface area (Å²) in [7, 11) is 3.10. The third kappa shape index (κ3) is 4.79. The van der Waals surface area contributed by atoms with Gasteiger partial charge in [-0.2, -0.15) is 0 Å². The first kappa shape index (κ1) is 21.3. The molecule has 0 bridgehead atoms. The third-order valence-corrected chi connectivity index (χ3v) is 4.87. The van der Waals surface area contributed by atoms with Gasteiger partial charge in [0.15, 0.2) is 6.17 Å². The molecule has 1 fully saturated rings. The van der Waals surface area contributed by atoms with Crippen molar-refractivity contribution in [1.82, 2.24) is 0 Å². The standard InChI is InChI=1S/C21H25FO7/c1-26-14-6-3-12(4-7-14)9-13-5-8-15(27-2)10-16(13)28-21-20(25)19(24)18(22)17(11-23)29-21/h3-8,10,17-21,23-25H,9,11H2,1-2H3. The van der Waals surface area contributed by atoms with Crippen molar-refractivity contribution in [1.29, 1.82) is 0 Å². The Hall–Kier alpha value is -2.39. The Morgan fingerprint density at radius 3 is 2.24 bits per heavy atom. The average Bonchev–Trinajstić information content (AvgIpc) is 2.75. The lowest BCUT2D eigenvalue weighted by Gasteiger charge is -2.38. The minimum atomic E-state index is -1.92. The molecule has 7 nitrogen and oxygen atoms in total. The lowest BCUT2D eigenvalue weighted by molar-refractivity contribution is -0.265. The molecule has 5 atom stereocenters. The van der Waals surface area contributed by atoms with Crippen molar-refractivity contribution in [3.05, 3.63) is 53.6 Å². The van der Waals surface area contributed by atoms with Crippen molar-refractivity contribution in [3.63, 3.8) is 0 Å². The minimum Gasteiger partial charge on any atom is -0.497 e. The summed E-state index contributed by atoms with van der Waals surface area (Å²) in [6, 6.07) is 12.7. The molecule has 1 aliphatic heterocycles. The van der Waals surface area contributed by atoms with Gasteiger partial charge in [0.2, 0.25) is 6.29 Å². The van der Waals surface area contributed by atoms with Gasteiger partial charge < -0.3 is 34.3 Å². The van der Waals surface area contributed by atoms with Gasteiger partial charge in [-0.1, -0.05) is 18.2 Å². The van der Waals surface area contributed by atoms with Crippen LogP contribution in [0.15, 0.2) is 42.5 Å². The Bertz CT molecular complexity index is 796. The van der Waals surface area contributed by atoms with E-state index in [1.165, 1.54) is 7.11 Å². The molecule has 3 rings (SSSR count). The summed E-state index contributed by atoms with van der Waals surface area (Å²) in [5.74, 6) is 1.61. The van der Waals surface area contributed by atoms with Gasteiger partial charge in [0, 0.05) is 12.5 Å². The molecule has 1 heterocycles. The zero-order valence-corrected chi connectivity index (χ0v) is 16.2. The molecule has 1 aliphatic rings. The second-order valence-electron chi connectivity index (χ2n) is 6.77. The van der Waals surface area contributed by atoms with Crippen molar-refractivity contribution in [2.75, 3.05) is 20.8 Å².